The van der Waals surface area contributed by atoms with Crippen molar-refractivity contribution in [3.8, 4) is 0 Å². The number of nitrogens with one attached hydrogen (secondary N) is 1. The van der Waals surface area contributed by atoms with Crippen LogP contribution in [0.15, 0.2) is 16.6 Å². The van der Waals surface area contributed by atoms with E-state index in [0.717, 1.165) is 6.07 Å². The van der Waals surface area contributed by atoms with Gasteiger partial charge in [0.1, 0.15) is 0 Å². The molecule has 0 aliphatic carbocycles. The Bertz CT molecular complexity index is 512. The van der Waals surface area contributed by atoms with E-state index in [0.29, 0.717) is 0 Å². The van der Waals surface area contributed by atoms with Crippen LogP contribution in [0.5, 0.6) is 0 Å². The molecule has 0 fully saturated rings. The molecule has 0 bridgehead atoms. The average Bonchev–Trinajstić information content (AvgIpc) is 2.43. The number of nitro benzene ring substituents is 1. The first-order chi connectivity index (χ1) is 7.00. The SMILES string of the molecule is O=C1Nc2cc([N+](=O)[O-])c(Br)cc2C1=O. The topological polar surface area (TPSA) is 89.3 Å². The van der Waals surface area contributed by atoms with E-state index in [-0.39, 0.29) is 21.4 Å². The number of benzene rings is 1. The van der Waals surface area contributed by atoms with Gasteiger partial charge in [0.25, 0.3) is 17.4 Å². The molecule has 1 aliphatic heterocycles. The molecule has 1 aromatic carbocycles. The number of hydrogen-bond donors (Lipinski definition) is 1. The predicted molar refractivity (Wildman–Crippen MR) is 53.8 cm³/mol. The lowest BCUT2D eigenvalue weighted by molar-refractivity contribution is -0.385. The molecule has 0 aromatic heterocycles. The van der Waals surface area contributed by atoms with Crippen LogP contribution in [-0.2, 0) is 4.79 Å². The summed E-state index contributed by atoms with van der Waals surface area (Å²) in [7, 11) is 0. The third-order valence-corrected chi connectivity index (χ3v) is 2.62. The van der Waals surface area contributed by atoms with Crippen molar-refractivity contribution >= 4 is 39.0 Å². The third-order valence-electron chi connectivity index (χ3n) is 1.98. The van der Waals surface area contributed by atoms with Gasteiger partial charge in [0, 0.05) is 6.07 Å². The lowest BCUT2D eigenvalue weighted by Gasteiger charge is -1.99. The van der Waals surface area contributed by atoms with Gasteiger partial charge in [-0.1, -0.05) is 0 Å². The fraction of sp³-hybridized carbons (Fsp3) is 0. The molecule has 2 rings (SSSR count). The Morgan fingerprint density at radius 1 is 1.33 bits per heavy atom. The number of ketones is 1. The Balaban J connectivity index is 2.64. The maximum absolute atomic E-state index is 11.2. The van der Waals surface area contributed by atoms with Gasteiger partial charge in [-0.15, -0.1) is 0 Å². The minimum atomic E-state index is -0.766. The van der Waals surface area contributed by atoms with Crippen molar-refractivity contribution in [3.05, 3.63) is 32.3 Å². The largest absolute Gasteiger partial charge is 0.318 e. The molecule has 0 atom stereocenters. The minimum Gasteiger partial charge on any atom is -0.318 e. The van der Waals surface area contributed by atoms with Gasteiger partial charge in [0.2, 0.25) is 0 Å². The quantitative estimate of drug-likeness (QED) is 0.476. The van der Waals surface area contributed by atoms with Crippen LogP contribution >= 0.6 is 15.9 Å². The number of anilines is 1. The number of amides is 1. The first-order valence-electron chi connectivity index (χ1n) is 3.84. The molecule has 76 valence electrons. The number of carbonyl (C=O) groups excluding carboxylic acids is 2. The van der Waals surface area contributed by atoms with Gasteiger partial charge in [-0.05, 0) is 22.0 Å². The van der Waals surface area contributed by atoms with E-state index in [1.807, 2.05) is 0 Å². The van der Waals surface area contributed by atoms with Gasteiger partial charge in [-0.3, -0.25) is 19.7 Å². The second kappa shape index (κ2) is 3.13. The highest BCUT2D eigenvalue weighted by molar-refractivity contribution is 9.10. The van der Waals surface area contributed by atoms with Crippen LogP contribution in [-0.4, -0.2) is 16.6 Å². The second-order valence-electron chi connectivity index (χ2n) is 2.89. The minimum absolute atomic E-state index is 0.150. The van der Waals surface area contributed by atoms with Crippen LogP contribution in [0.1, 0.15) is 10.4 Å². The van der Waals surface area contributed by atoms with Gasteiger partial charge in [0.05, 0.1) is 20.6 Å². The molecular weight excluding hydrogens is 268 g/mol. The van der Waals surface area contributed by atoms with Gasteiger partial charge < -0.3 is 5.32 Å². The number of carbonyl (C=O) groups is 2. The summed E-state index contributed by atoms with van der Waals surface area (Å²) in [6.07, 6.45) is 0. The van der Waals surface area contributed by atoms with Crippen molar-refractivity contribution in [1.29, 1.82) is 0 Å². The van der Waals surface area contributed by atoms with E-state index in [9.17, 15) is 19.7 Å². The Kier molecular flexibility index (Phi) is 2.04. The highest BCUT2D eigenvalue weighted by Crippen LogP contribution is 2.34. The number of nitro groups is 1. The molecule has 0 saturated heterocycles. The number of Topliss-reactive ketones (excluding diaryl/α,β-unsaturated/α-hetero) is 1. The molecule has 1 amide bonds. The Hall–Kier alpha value is -1.76. The molecule has 7 heteroatoms. The van der Waals surface area contributed by atoms with Crippen molar-refractivity contribution in [2.24, 2.45) is 0 Å². The van der Waals surface area contributed by atoms with Crippen molar-refractivity contribution in [2.75, 3.05) is 5.32 Å². The molecule has 1 aliphatic rings. The van der Waals surface area contributed by atoms with E-state index in [2.05, 4.69) is 21.2 Å². The number of hydrogen-bond acceptors (Lipinski definition) is 4. The fourth-order valence-corrected chi connectivity index (χ4v) is 1.78. The number of rotatable bonds is 1. The molecule has 0 radical (unpaired) electrons. The molecule has 0 unspecified atom stereocenters. The first kappa shape index (κ1) is 9.78. The van der Waals surface area contributed by atoms with Crippen molar-refractivity contribution in [2.45, 2.75) is 0 Å². The summed E-state index contributed by atoms with van der Waals surface area (Å²) in [5, 5.41) is 12.8. The summed E-state index contributed by atoms with van der Waals surface area (Å²) < 4.78 is 0.177. The second-order valence-corrected chi connectivity index (χ2v) is 3.74. The number of fused-ring (bicyclic) bond motifs is 1. The summed E-state index contributed by atoms with van der Waals surface area (Å²) in [6, 6.07) is 2.43. The summed E-state index contributed by atoms with van der Waals surface area (Å²) in [4.78, 5) is 32.2. The molecular formula is C8H3BrN2O4. The molecule has 15 heavy (non-hydrogen) atoms. The maximum Gasteiger partial charge on any atom is 0.296 e. The highest BCUT2D eigenvalue weighted by atomic mass is 79.9. The highest BCUT2D eigenvalue weighted by Gasteiger charge is 2.31. The molecule has 1 N–H and O–H groups in total. The molecule has 1 aromatic rings. The zero-order valence-corrected chi connectivity index (χ0v) is 8.70. The van der Waals surface area contributed by atoms with Gasteiger partial charge in [0.15, 0.2) is 0 Å². The van der Waals surface area contributed by atoms with E-state index in [4.69, 9.17) is 0 Å². The van der Waals surface area contributed by atoms with Gasteiger partial charge in [-0.25, -0.2) is 0 Å². The predicted octanol–water partition coefficient (Wildman–Crippen LogP) is 1.49. The molecule has 1 heterocycles. The van der Waals surface area contributed by atoms with E-state index >= 15 is 0 Å². The number of nitrogens with zero attached hydrogens (tertiary/aromatic N) is 1. The molecule has 0 saturated carbocycles. The zero-order valence-electron chi connectivity index (χ0n) is 7.11. The average molecular weight is 271 g/mol. The first-order valence-corrected chi connectivity index (χ1v) is 4.63. The Labute approximate surface area is 91.5 Å². The van der Waals surface area contributed by atoms with Crippen LogP contribution in [0, 0.1) is 10.1 Å². The summed E-state index contributed by atoms with van der Waals surface area (Å²) in [5.74, 6) is -1.45. The Morgan fingerprint density at radius 2 is 2.00 bits per heavy atom. The fourth-order valence-electron chi connectivity index (χ4n) is 1.29. The van der Waals surface area contributed by atoms with Crippen LogP contribution in [0.2, 0.25) is 0 Å². The van der Waals surface area contributed by atoms with Crippen LogP contribution in [0.4, 0.5) is 11.4 Å². The lowest BCUT2D eigenvalue weighted by atomic mass is 10.1. The van der Waals surface area contributed by atoms with E-state index in [1.165, 1.54) is 6.07 Å². The molecule has 6 nitrogen and oxygen atoms in total. The monoisotopic (exact) mass is 270 g/mol. The summed E-state index contributed by atoms with van der Waals surface area (Å²) in [5.41, 5.74) is 0.140. The maximum atomic E-state index is 11.2. The van der Waals surface area contributed by atoms with Gasteiger partial charge >= 0.3 is 0 Å². The lowest BCUT2D eigenvalue weighted by Crippen LogP contribution is -2.12. The summed E-state index contributed by atoms with van der Waals surface area (Å²) >= 11 is 2.96. The standard InChI is InChI=1S/C8H3BrN2O4/c9-4-1-3-5(2-6(4)11(14)15)10-8(13)7(3)12/h1-2H,(H,10,12,13). The Morgan fingerprint density at radius 3 is 2.60 bits per heavy atom. The van der Waals surface area contributed by atoms with Gasteiger partial charge in [-0.2, -0.15) is 0 Å². The van der Waals surface area contributed by atoms with E-state index < -0.39 is 16.6 Å². The van der Waals surface area contributed by atoms with Crippen molar-refractivity contribution in [3.63, 3.8) is 0 Å². The van der Waals surface area contributed by atoms with E-state index in [1.54, 1.807) is 0 Å². The van der Waals surface area contributed by atoms with Crippen molar-refractivity contribution < 1.29 is 14.5 Å². The smallest absolute Gasteiger partial charge is 0.296 e. The molecule has 0 spiro atoms. The van der Waals surface area contributed by atoms with Crippen LogP contribution < -0.4 is 5.32 Å². The summed E-state index contributed by atoms with van der Waals surface area (Å²) in [6.45, 7) is 0. The van der Waals surface area contributed by atoms with Crippen molar-refractivity contribution in [1.82, 2.24) is 0 Å². The zero-order chi connectivity index (χ0) is 11.2. The third kappa shape index (κ3) is 1.40. The normalized spacial score (nSPS) is 13.7. The van der Waals surface area contributed by atoms with Crippen LogP contribution in [0.3, 0.4) is 0 Å². The van der Waals surface area contributed by atoms with Crippen LogP contribution in [0.25, 0.3) is 0 Å². The number of halogens is 1.